The summed E-state index contributed by atoms with van der Waals surface area (Å²) in [7, 11) is 3.42. The average molecular weight is 518 g/mol. The van der Waals surface area contributed by atoms with Gasteiger partial charge in [0.15, 0.2) is 17.5 Å². The van der Waals surface area contributed by atoms with Crippen LogP contribution in [0.5, 0.6) is 5.75 Å². The molecule has 0 radical (unpaired) electrons. The molecule has 9 heteroatoms. The SMILES string of the molecule is CCCCN=C(NCCn1cnnc1CC)N(C)Cc1ccc(OC)c(F)c1.I. The third kappa shape index (κ3) is 7.79. The fourth-order valence-corrected chi connectivity index (χ4v) is 2.84. The van der Waals surface area contributed by atoms with Crippen LogP contribution in [0.4, 0.5) is 4.39 Å². The summed E-state index contributed by atoms with van der Waals surface area (Å²) in [5.41, 5.74) is 0.859. The molecule has 2 rings (SSSR count). The van der Waals surface area contributed by atoms with Gasteiger partial charge in [0.05, 0.1) is 7.11 Å². The van der Waals surface area contributed by atoms with Crippen LogP contribution >= 0.6 is 24.0 Å². The summed E-state index contributed by atoms with van der Waals surface area (Å²) in [6.45, 7) is 6.97. The molecule has 0 unspecified atom stereocenters. The normalized spacial score (nSPS) is 11.1. The van der Waals surface area contributed by atoms with Gasteiger partial charge in [0.1, 0.15) is 12.2 Å². The summed E-state index contributed by atoms with van der Waals surface area (Å²) in [4.78, 5) is 6.70. The van der Waals surface area contributed by atoms with Crippen LogP contribution in [-0.2, 0) is 19.5 Å². The highest BCUT2D eigenvalue weighted by Crippen LogP contribution is 2.18. The Kier molecular flexibility index (Phi) is 11.6. The van der Waals surface area contributed by atoms with Crippen molar-refractivity contribution in [3.63, 3.8) is 0 Å². The number of aromatic nitrogens is 3. The Hall–Kier alpha value is -1.91. The maximum Gasteiger partial charge on any atom is 0.194 e. The predicted molar refractivity (Wildman–Crippen MR) is 124 cm³/mol. The van der Waals surface area contributed by atoms with E-state index in [0.29, 0.717) is 13.1 Å². The van der Waals surface area contributed by atoms with Crippen LogP contribution in [0.2, 0.25) is 0 Å². The Morgan fingerprint density at radius 3 is 2.79 bits per heavy atom. The standard InChI is InChI=1S/C20H31FN6O.HI/c1-5-7-10-22-20(23-11-12-27-15-24-25-19(27)6-2)26(3)14-16-8-9-18(28-4)17(21)13-16;/h8-9,13,15H,5-7,10-12,14H2,1-4H3,(H,22,23);1H. The van der Waals surface area contributed by atoms with Gasteiger partial charge in [0.2, 0.25) is 0 Å². The second-order valence-electron chi connectivity index (χ2n) is 6.60. The average Bonchev–Trinajstić information content (AvgIpc) is 3.14. The zero-order chi connectivity index (χ0) is 20.4. The van der Waals surface area contributed by atoms with Gasteiger partial charge in [-0.1, -0.05) is 26.3 Å². The minimum atomic E-state index is -0.356. The smallest absolute Gasteiger partial charge is 0.194 e. The first kappa shape index (κ1) is 25.1. The summed E-state index contributed by atoms with van der Waals surface area (Å²) in [5.74, 6) is 1.66. The van der Waals surface area contributed by atoms with E-state index in [4.69, 9.17) is 9.73 Å². The molecule has 29 heavy (non-hydrogen) atoms. The number of aryl methyl sites for hydroxylation is 1. The minimum absolute atomic E-state index is 0. The third-order valence-corrected chi connectivity index (χ3v) is 4.42. The van der Waals surface area contributed by atoms with Crippen molar-refractivity contribution in [1.82, 2.24) is 25.0 Å². The van der Waals surface area contributed by atoms with Gasteiger partial charge in [-0.05, 0) is 24.1 Å². The lowest BCUT2D eigenvalue weighted by Crippen LogP contribution is -2.40. The van der Waals surface area contributed by atoms with Crippen molar-refractivity contribution in [3.8, 4) is 5.75 Å². The maximum absolute atomic E-state index is 14.0. The molecule has 0 amide bonds. The molecule has 1 aromatic heterocycles. The van der Waals surface area contributed by atoms with Gasteiger partial charge >= 0.3 is 0 Å². The van der Waals surface area contributed by atoms with E-state index >= 15 is 0 Å². The van der Waals surface area contributed by atoms with E-state index in [1.165, 1.54) is 13.2 Å². The molecule has 0 saturated heterocycles. The highest BCUT2D eigenvalue weighted by atomic mass is 127. The largest absolute Gasteiger partial charge is 0.494 e. The van der Waals surface area contributed by atoms with E-state index < -0.39 is 0 Å². The van der Waals surface area contributed by atoms with Gasteiger partial charge in [0.25, 0.3) is 0 Å². The topological polar surface area (TPSA) is 67.6 Å². The molecule has 162 valence electrons. The Morgan fingerprint density at radius 2 is 2.14 bits per heavy atom. The number of nitrogens with zero attached hydrogens (tertiary/aromatic N) is 5. The summed E-state index contributed by atoms with van der Waals surface area (Å²) < 4.78 is 21.0. The number of guanidine groups is 1. The molecule has 1 aromatic carbocycles. The molecule has 0 aliphatic carbocycles. The molecule has 0 saturated carbocycles. The van der Waals surface area contributed by atoms with Gasteiger partial charge < -0.3 is 19.5 Å². The molecular formula is C20H32FIN6O. The lowest BCUT2D eigenvalue weighted by molar-refractivity contribution is 0.385. The van der Waals surface area contributed by atoms with Crippen molar-refractivity contribution in [2.45, 2.75) is 46.2 Å². The fraction of sp³-hybridized carbons (Fsp3) is 0.550. The van der Waals surface area contributed by atoms with E-state index in [0.717, 1.165) is 49.7 Å². The highest BCUT2D eigenvalue weighted by molar-refractivity contribution is 14.0. The van der Waals surface area contributed by atoms with Crippen LogP contribution < -0.4 is 10.1 Å². The van der Waals surface area contributed by atoms with Crippen molar-refractivity contribution < 1.29 is 9.13 Å². The number of benzene rings is 1. The first-order chi connectivity index (χ1) is 13.6. The number of hydrogen-bond acceptors (Lipinski definition) is 4. The fourth-order valence-electron chi connectivity index (χ4n) is 2.84. The lowest BCUT2D eigenvalue weighted by Gasteiger charge is -2.23. The van der Waals surface area contributed by atoms with Crippen molar-refractivity contribution in [2.75, 3.05) is 27.2 Å². The van der Waals surface area contributed by atoms with E-state index in [9.17, 15) is 4.39 Å². The molecule has 0 aliphatic rings. The summed E-state index contributed by atoms with van der Waals surface area (Å²) in [6, 6.07) is 5.02. The molecule has 1 N–H and O–H groups in total. The van der Waals surface area contributed by atoms with Gasteiger partial charge in [-0.15, -0.1) is 34.2 Å². The number of unbranched alkanes of at least 4 members (excludes halogenated alkanes) is 1. The summed E-state index contributed by atoms with van der Waals surface area (Å²) in [5, 5.41) is 11.5. The van der Waals surface area contributed by atoms with Gasteiger partial charge in [0, 0.05) is 39.6 Å². The van der Waals surface area contributed by atoms with E-state index in [2.05, 4.69) is 29.4 Å². The monoisotopic (exact) mass is 518 g/mol. The lowest BCUT2D eigenvalue weighted by atomic mass is 10.2. The molecular weight excluding hydrogens is 486 g/mol. The van der Waals surface area contributed by atoms with E-state index in [1.54, 1.807) is 12.4 Å². The third-order valence-electron chi connectivity index (χ3n) is 4.42. The van der Waals surface area contributed by atoms with Crippen LogP contribution in [0.3, 0.4) is 0 Å². The molecule has 1 heterocycles. The quantitative estimate of drug-likeness (QED) is 0.226. The van der Waals surface area contributed by atoms with Crippen molar-refractivity contribution in [2.24, 2.45) is 4.99 Å². The Bertz CT molecular complexity index is 767. The van der Waals surface area contributed by atoms with Gasteiger partial charge in [-0.3, -0.25) is 4.99 Å². The van der Waals surface area contributed by atoms with Crippen LogP contribution in [-0.4, -0.2) is 52.9 Å². The van der Waals surface area contributed by atoms with Crippen LogP contribution in [0, 0.1) is 5.82 Å². The maximum atomic E-state index is 14.0. The van der Waals surface area contributed by atoms with Gasteiger partial charge in [-0.2, -0.15) is 0 Å². The number of aliphatic imine (C=N–C) groups is 1. The predicted octanol–water partition coefficient (Wildman–Crippen LogP) is 3.48. The molecule has 2 aromatic rings. The Balaban J connectivity index is 0.00000420. The molecule has 0 fully saturated rings. The number of nitrogens with one attached hydrogen (secondary N) is 1. The first-order valence-corrected chi connectivity index (χ1v) is 9.77. The van der Waals surface area contributed by atoms with E-state index in [1.807, 2.05) is 22.6 Å². The van der Waals surface area contributed by atoms with Gasteiger partial charge in [-0.25, -0.2) is 4.39 Å². The minimum Gasteiger partial charge on any atom is -0.494 e. The number of methoxy groups -OCH3 is 1. The molecule has 0 atom stereocenters. The zero-order valence-electron chi connectivity index (χ0n) is 17.7. The molecule has 0 bridgehead atoms. The van der Waals surface area contributed by atoms with Crippen molar-refractivity contribution in [1.29, 1.82) is 0 Å². The van der Waals surface area contributed by atoms with Crippen molar-refractivity contribution >= 4 is 29.9 Å². The molecule has 0 aliphatic heterocycles. The number of hydrogen-bond donors (Lipinski definition) is 1. The molecule has 0 spiro atoms. The Labute approximate surface area is 189 Å². The van der Waals surface area contributed by atoms with Crippen LogP contribution in [0.1, 0.15) is 38.1 Å². The van der Waals surface area contributed by atoms with Crippen LogP contribution in [0.15, 0.2) is 29.5 Å². The number of halogens is 2. The number of rotatable bonds is 10. The van der Waals surface area contributed by atoms with Crippen molar-refractivity contribution in [3.05, 3.63) is 41.7 Å². The van der Waals surface area contributed by atoms with Crippen LogP contribution in [0.25, 0.3) is 0 Å². The molecule has 7 nitrogen and oxygen atoms in total. The highest BCUT2D eigenvalue weighted by Gasteiger charge is 2.10. The zero-order valence-corrected chi connectivity index (χ0v) is 20.0. The summed E-state index contributed by atoms with van der Waals surface area (Å²) >= 11 is 0. The second kappa shape index (κ2) is 13.3. The second-order valence-corrected chi connectivity index (χ2v) is 6.60. The first-order valence-electron chi connectivity index (χ1n) is 9.77. The Morgan fingerprint density at radius 1 is 1.34 bits per heavy atom. The number of ether oxygens (including phenoxy) is 1. The summed E-state index contributed by atoms with van der Waals surface area (Å²) in [6.07, 6.45) is 4.71. The van der Waals surface area contributed by atoms with E-state index in [-0.39, 0.29) is 35.5 Å².